The fourth-order valence-corrected chi connectivity index (χ4v) is 1.53. The molecule has 1 saturated heterocycles. The lowest BCUT2D eigenvalue weighted by molar-refractivity contribution is 0.120. The summed E-state index contributed by atoms with van der Waals surface area (Å²) in [7, 11) is 1.95. The second-order valence-electron chi connectivity index (χ2n) is 2.92. The number of likely N-dealkylation sites (N-methyl/N-ethyl adjacent to an activating group) is 1. The molecule has 1 heterocycles. The molecule has 74 valence electrons. The summed E-state index contributed by atoms with van der Waals surface area (Å²) in [5, 5.41) is 17.7. The van der Waals surface area contributed by atoms with Crippen LogP contribution in [0.15, 0.2) is 0 Å². The number of aliphatic hydroxyl groups excluding tert-OH is 2. The molecular formula is C9H21NO2. The van der Waals surface area contributed by atoms with Crippen LogP contribution < -0.4 is 0 Å². The molecule has 0 bridgehead atoms. The van der Waals surface area contributed by atoms with Gasteiger partial charge in [-0.25, -0.2) is 0 Å². The van der Waals surface area contributed by atoms with E-state index in [1.807, 2.05) is 20.9 Å². The molecule has 0 aromatic heterocycles. The largest absolute Gasteiger partial charge is 0.395 e. The molecule has 12 heavy (non-hydrogen) atoms. The summed E-state index contributed by atoms with van der Waals surface area (Å²) < 4.78 is 0. The van der Waals surface area contributed by atoms with Crippen LogP contribution in [0.3, 0.4) is 0 Å². The van der Waals surface area contributed by atoms with Gasteiger partial charge in [-0.1, -0.05) is 13.8 Å². The Morgan fingerprint density at radius 3 is 1.58 bits per heavy atom. The molecular weight excluding hydrogens is 154 g/mol. The summed E-state index contributed by atoms with van der Waals surface area (Å²) in [4.78, 5) is 2.06. The molecule has 0 amide bonds. The third-order valence-corrected chi connectivity index (χ3v) is 2.41. The van der Waals surface area contributed by atoms with Crippen molar-refractivity contribution < 1.29 is 10.2 Å². The second-order valence-corrected chi connectivity index (χ2v) is 2.92. The van der Waals surface area contributed by atoms with Crippen molar-refractivity contribution in [1.29, 1.82) is 0 Å². The third-order valence-electron chi connectivity index (χ3n) is 2.41. The summed E-state index contributed by atoms with van der Waals surface area (Å²) in [6.07, 6.45) is 2.02. The first-order chi connectivity index (χ1) is 5.79. The zero-order valence-corrected chi connectivity index (χ0v) is 8.32. The van der Waals surface area contributed by atoms with Crippen LogP contribution in [0, 0.1) is 0 Å². The summed E-state index contributed by atoms with van der Waals surface area (Å²) in [5.41, 5.74) is 0. The Balaban J connectivity index is 0.000000561. The molecule has 0 radical (unpaired) electrons. The van der Waals surface area contributed by atoms with E-state index in [2.05, 4.69) is 4.90 Å². The van der Waals surface area contributed by atoms with E-state index >= 15 is 0 Å². The normalized spacial score (nSPS) is 29.8. The standard InChI is InChI=1S/C7H15NO2.C2H6/c1-8-6(4-9)2-3-7(8)5-10;1-2/h6-7,9-10H,2-5H2,1H3;1-2H3. The van der Waals surface area contributed by atoms with Gasteiger partial charge in [-0.2, -0.15) is 0 Å². The van der Waals surface area contributed by atoms with Crippen LogP contribution in [0.4, 0.5) is 0 Å². The van der Waals surface area contributed by atoms with Crippen LogP contribution in [-0.4, -0.2) is 47.5 Å². The highest BCUT2D eigenvalue weighted by atomic mass is 16.3. The number of hydrogen-bond acceptors (Lipinski definition) is 3. The van der Waals surface area contributed by atoms with Gasteiger partial charge in [0.15, 0.2) is 0 Å². The number of aliphatic hydroxyl groups is 2. The molecule has 1 rings (SSSR count). The Labute approximate surface area is 75.0 Å². The van der Waals surface area contributed by atoms with Gasteiger partial charge < -0.3 is 10.2 Å². The van der Waals surface area contributed by atoms with Crippen molar-refractivity contribution in [3.8, 4) is 0 Å². The second kappa shape index (κ2) is 6.40. The Morgan fingerprint density at radius 2 is 1.42 bits per heavy atom. The molecule has 2 atom stereocenters. The van der Waals surface area contributed by atoms with E-state index < -0.39 is 0 Å². The molecule has 0 spiro atoms. The number of rotatable bonds is 2. The maximum Gasteiger partial charge on any atom is 0.0586 e. The van der Waals surface area contributed by atoms with Crippen molar-refractivity contribution in [3.05, 3.63) is 0 Å². The average Bonchev–Trinajstić information content (AvgIpc) is 2.49. The minimum atomic E-state index is 0.215. The Kier molecular flexibility index (Phi) is 6.34. The van der Waals surface area contributed by atoms with Gasteiger partial charge >= 0.3 is 0 Å². The summed E-state index contributed by atoms with van der Waals surface area (Å²) in [6.45, 7) is 4.43. The number of likely N-dealkylation sites (tertiary alicyclic amines) is 1. The minimum absolute atomic E-state index is 0.215. The number of hydrogen-bond donors (Lipinski definition) is 2. The first-order valence-electron chi connectivity index (χ1n) is 4.73. The Bertz CT molecular complexity index is 96.7. The van der Waals surface area contributed by atoms with E-state index in [0.717, 1.165) is 12.8 Å². The van der Waals surface area contributed by atoms with Gasteiger partial charge in [0.05, 0.1) is 13.2 Å². The van der Waals surface area contributed by atoms with Crippen molar-refractivity contribution >= 4 is 0 Å². The molecule has 1 aliphatic rings. The molecule has 0 aliphatic carbocycles. The van der Waals surface area contributed by atoms with Gasteiger partial charge in [-0.15, -0.1) is 0 Å². The van der Waals surface area contributed by atoms with Gasteiger partial charge in [-0.05, 0) is 19.9 Å². The van der Waals surface area contributed by atoms with Crippen LogP contribution in [0.25, 0.3) is 0 Å². The maximum absolute atomic E-state index is 8.83. The van der Waals surface area contributed by atoms with Crippen LogP contribution >= 0.6 is 0 Å². The van der Waals surface area contributed by atoms with Gasteiger partial charge in [0, 0.05) is 12.1 Å². The third kappa shape index (κ3) is 2.73. The summed E-state index contributed by atoms with van der Waals surface area (Å²) in [6, 6.07) is 0.550. The van der Waals surface area contributed by atoms with E-state index in [9.17, 15) is 0 Å². The highest BCUT2D eigenvalue weighted by molar-refractivity contribution is 4.83. The SMILES string of the molecule is CC.CN1C(CO)CCC1CO. The topological polar surface area (TPSA) is 43.7 Å². The lowest BCUT2D eigenvalue weighted by Crippen LogP contribution is -2.36. The molecule has 3 heteroatoms. The molecule has 2 unspecified atom stereocenters. The Morgan fingerprint density at radius 1 is 1.08 bits per heavy atom. The van der Waals surface area contributed by atoms with Crippen molar-refractivity contribution in [2.45, 2.75) is 38.8 Å². The molecule has 0 aromatic rings. The van der Waals surface area contributed by atoms with Gasteiger partial charge in [0.25, 0.3) is 0 Å². The van der Waals surface area contributed by atoms with Crippen LogP contribution in [0.2, 0.25) is 0 Å². The monoisotopic (exact) mass is 175 g/mol. The van der Waals surface area contributed by atoms with E-state index in [0.29, 0.717) is 0 Å². The highest BCUT2D eigenvalue weighted by Gasteiger charge is 2.28. The lowest BCUT2D eigenvalue weighted by atomic mass is 10.2. The zero-order valence-electron chi connectivity index (χ0n) is 8.32. The molecule has 2 N–H and O–H groups in total. The van der Waals surface area contributed by atoms with Gasteiger partial charge in [-0.3, -0.25) is 4.90 Å². The molecule has 1 fully saturated rings. The zero-order chi connectivity index (χ0) is 9.56. The molecule has 3 nitrogen and oxygen atoms in total. The van der Waals surface area contributed by atoms with E-state index in [1.54, 1.807) is 0 Å². The molecule has 0 saturated carbocycles. The maximum atomic E-state index is 8.83. The predicted molar refractivity (Wildman–Crippen MR) is 50.1 cm³/mol. The van der Waals surface area contributed by atoms with Crippen LogP contribution in [0.1, 0.15) is 26.7 Å². The highest BCUT2D eigenvalue weighted by Crippen LogP contribution is 2.20. The van der Waals surface area contributed by atoms with Crippen LogP contribution in [-0.2, 0) is 0 Å². The smallest absolute Gasteiger partial charge is 0.0586 e. The molecule has 1 aliphatic heterocycles. The Hall–Kier alpha value is -0.120. The van der Waals surface area contributed by atoms with E-state index in [1.165, 1.54) is 0 Å². The van der Waals surface area contributed by atoms with Crippen molar-refractivity contribution in [2.75, 3.05) is 20.3 Å². The summed E-state index contributed by atoms with van der Waals surface area (Å²) in [5.74, 6) is 0. The fraction of sp³-hybridized carbons (Fsp3) is 1.00. The number of nitrogens with zero attached hydrogens (tertiary/aromatic N) is 1. The fourth-order valence-electron chi connectivity index (χ4n) is 1.53. The molecule has 0 aromatic carbocycles. The van der Waals surface area contributed by atoms with Gasteiger partial charge in [0.2, 0.25) is 0 Å². The first kappa shape index (κ1) is 11.9. The van der Waals surface area contributed by atoms with E-state index in [4.69, 9.17) is 10.2 Å². The van der Waals surface area contributed by atoms with Crippen molar-refractivity contribution in [1.82, 2.24) is 4.90 Å². The van der Waals surface area contributed by atoms with Gasteiger partial charge in [0.1, 0.15) is 0 Å². The average molecular weight is 175 g/mol. The van der Waals surface area contributed by atoms with E-state index in [-0.39, 0.29) is 25.3 Å². The lowest BCUT2D eigenvalue weighted by Gasteiger charge is -2.22. The first-order valence-corrected chi connectivity index (χ1v) is 4.73. The minimum Gasteiger partial charge on any atom is -0.395 e. The van der Waals surface area contributed by atoms with Crippen molar-refractivity contribution in [2.24, 2.45) is 0 Å². The predicted octanol–water partition coefficient (Wildman–Crippen LogP) is 0.460. The van der Waals surface area contributed by atoms with Crippen molar-refractivity contribution in [3.63, 3.8) is 0 Å². The quantitative estimate of drug-likeness (QED) is 0.641. The van der Waals surface area contributed by atoms with Crippen LogP contribution in [0.5, 0.6) is 0 Å². The summed E-state index contributed by atoms with van der Waals surface area (Å²) >= 11 is 0.